The summed E-state index contributed by atoms with van der Waals surface area (Å²) in [6, 6.07) is 0.816. The van der Waals surface area contributed by atoms with Gasteiger partial charge in [0.1, 0.15) is 0 Å². The smallest absolute Gasteiger partial charge is 0.194 e. The standard InChI is InChI=1S/C20H34N4O2S/c1-2-6-21-20(22-14-17-5-11-27(25,26)15-17)24-9-7-23(8-10-24)19-13-16-3-4-18(19)12-16/h2,16-19H,1,3-15H2,(H,21,22). The zero-order chi connectivity index (χ0) is 18.9. The first-order valence-electron chi connectivity index (χ1n) is 10.6. The number of rotatable bonds is 5. The zero-order valence-electron chi connectivity index (χ0n) is 16.4. The van der Waals surface area contributed by atoms with E-state index in [9.17, 15) is 8.42 Å². The lowest BCUT2D eigenvalue weighted by Gasteiger charge is -2.42. The molecule has 0 aromatic heterocycles. The van der Waals surface area contributed by atoms with Gasteiger partial charge in [0, 0.05) is 45.3 Å². The van der Waals surface area contributed by atoms with Crippen molar-refractivity contribution in [3.05, 3.63) is 12.7 Å². The van der Waals surface area contributed by atoms with Crippen LogP contribution < -0.4 is 5.32 Å². The largest absolute Gasteiger partial charge is 0.353 e. The van der Waals surface area contributed by atoms with Crippen LogP contribution in [0.1, 0.15) is 32.1 Å². The minimum absolute atomic E-state index is 0.172. The minimum Gasteiger partial charge on any atom is -0.353 e. The van der Waals surface area contributed by atoms with Crippen molar-refractivity contribution < 1.29 is 8.42 Å². The highest BCUT2D eigenvalue weighted by atomic mass is 32.2. The summed E-state index contributed by atoms with van der Waals surface area (Å²) >= 11 is 0. The number of fused-ring (bicyclic) bond motifs is 2. The lowest BCUT2D eigenvalue weighted by Crippen LogP contribution is -2.55. The van der Waals surface area contributed by atoms with Gasteiger partial charge in [-0.15, -0.1) is 6.58 Å². The first-order valence-corrected chi connectivity index (χ1v) is 12.4. The third-order valence-corrected chi connectivity index (χ3v) is 8.85. The van der Waals surface area contributed by atoms with E-state index >= 15 is 0 Å². The lowest BCUT2D eigenvalue weighted by molar-refractivity contribution is 0.0958. The summed E-state index contributed by atoms with van der Waals surface area (Å²) in [6.07, 6.45) is 8.37. The van der Waals surface area contributed by atoms with Crippen molar-refractivity contribution in [2.45, 2.75) is 38.1 Å². The summed E-state index contributed by atoms with van der Waals surface area (Å²) < 4.78 is 23.4. The molecule has 0 radical (unpaired) electrons. The van der Waals surface area contributed by atoms with Gasteiger partial charge in [-0.2, -0.15) is 0 Å². The van der Waals surface area contributed by atoms with Crippen molar-refractivity contribution in [3.63, 3.8) is 0 Å². The van der Waals surface area contributed by atoms with Crippen LogP contribution in [0, 0.1) is 17.8 Å². The number of aliphatic imine (C=N–C) groups is 1. The Kier molecular flexibility index (Phi) is 5.78. The van der Waals surface area contributed by atoms with E-state index in [1.807, 2.05) is 6.08 Å². The number of hydrogen-bond acceptors (Lipinski definition) is 4. The fourth-order valence-corrected chi connectivity index (χ4v) is 7.44. The van der Waals surface area contributed by atoms with Crippen LogP contribution in [0.2, 0.25) is 0 Å². The van der Waals surface area contributed by atoms with E-state index < -0.39 is 9.84 Å². The van der Waals surface area contributed by atoms with Gasteiger partial charge in [0.05, 0.1) is 11.5 Å². The summed E-state index contributed by atoms with van der Waals surface area (Å²) in [5, 5.41) is 3.39. The Labute approximate surface area is 164 Å². The minimum atomic E-state index is -2.83. The average molecular weight is 395 g/mol. The Morgan fingerprint density at radius 1 is 1.15 bits per heavy atom. The number of sulfone groups is 1. The van der Waals surface area contributed by atoms with Gasteiger partial charge in [-0.25, -0.2) is 8.42 Å². The number of nitrogens with zero attached hydrogens (tertiary/aromatic N) is 3. The molecule has 6 nitrogen and oxygen atoms in total. The van der Waals surface area contributed by atoms with Crippen molar-refractivity contribution in [1.29, 1.82) is 0 Å². The van der Waals surface area contributed by atoms with Crippen LogP contribution in [-0.2, 0) is 9.84 Å². The van der Waals surface area contributed by atoms with Crippen molar-refractivity contribution in [2.24, 2.45) is 22.7 Å². The predicted octanol–water partition coefficient (Wildman–Crippen LogP) is 1.36. The van der Waals surface area contributed by atoms with Gasteiger partial charge < -0.3 is 10.2 Å². The Morgan fingerprint density at radius 3 is 2.56 bits per heavy atom. The van der Waals surface area contributed by atoms with E-state index in [0.717, 1.165) is 56.4 Å². The Morgan fingerprint density at radius 2 is 1.96 bits per heavy atom. The molecule has 4 rings (SSSR count). The van der Waals surface area contributed by atoms with E-state index in [4.69, 9.17) is 4.99 Å². The van der Waals surface area contributed by atoms with Gasteiger partial charge in [0.15, 0.2) is 15.8 Å². The molecule has 0 amide bonds. The molecular formula is C20H34N4O2S. The van der Waals surface area contributed by atoms with Gasteiger partial charge >= 0.3 is 0 Å². The van der Waals surface area contributed by atoms with Crippen LogP contribution in [-0.4, -0.2) is 81.0 Å². The van der Waals surface area contributed by atoms with E-state index in [1.54, 1.807) is 0 Å². The molecule has 1 N–H and O–H groups in total. The second kappa shape index (κ2) is 8.11. The molecule has 4 fully saturated rings. The number of hydrogen-bond donors (Lipinski definition) is 1. The number of nitrogens with one attached hydrogen (secondary N) is 1. The molecule has 4 atom stereocenters. The van der Waals surface area contributed by atoms with Crippen LogP contribution in [0.3, 0.4) is 0 Å². The molecule has 4 unspecified atom stereocenters. The molecule has 2 saturated heterocycles. The van der Waals surface area contributed by atoms with Crippen LogP contribution in [0.5, 0.6) is 0 Å². The number of piperazine rings is 1. The molecule has 2 saturated carbocycles. The SMILES string of the molecule is C=CCNC(=NCC1CCS(=O)(=O)C1)N1CCN(C2CC3CCC2C3)CC1. The second-order valence-electron chi connectivity index (χ2n) is 8.87. The van der Waals surface area contributed by atoms with Gasteiger partial charge in [0.25, 0.3) is 0 Å². The molecule has 2 aliphatic carbocycles. The fraction of sp³-hybridized carbons (Fsp3) is 0.850. The summed E-state index contributed by atoms with van der Waals surface area (Å²) in [7, 11) is -2.83. The summed E-state index contributed by atoms with van der Waals surface area (Å²) in [4.78, 5) is 9.86. The molecule has 2 aliphatic heterocycles. The third kappa shape index (κ3) is 4.50. The third-order valence-electron chi connectivity index (χ3n) is 7.01. The molecule has 0 spiro atoms. The summed E-state index contributed by atoms with van der Waals surface area (Å²) in [5.41, 5.74) is 0. The summed E-state index contributed by atoms with van der Waals surface area (Å²) in [5.74, 6) is 3.65. The van der Waals surface area contributed by atoms with Gasteiger partial charge in [0.2, 0.25) is 0 Å². The van der Waals surface area contributed by atoms with Crippen molar-refractivity contribution in [2.75, 3.05) is 50.8 Å². The highest BCUT2D eigenvalue weighted by Crippen LogP contribution is 2.46. The second-order valence-corrected chi connectivity index (χ2v) is 11.1. The van der Waals surface area contributed by atoms with E-state index in [1.165, 1.54) is 25.7 Å². The maximum absolute atomic E-state index is 11.7. The van der Waals surface area contributed by atoms with Crippen LogP contribution in [0.15, 0.2) is 17.6 Å². The highest BCUT2D eigenvalue weighted by molar-refractivity contribution is 7.91. The molecule has 4 aliphatic rings. The van der Waals surface area contributed by atoms with Crippen LogP contribution in [0.25, 0.3) is 0 Å². The van der Waals surface area contributed by atoms with E-state index in [2.05, 4.69) is 21.7 Å². The molecule has 27 heavy (non-hydrogen) atoms. The number of guanidine groups is 1. The quantitative estimate of drug-likeness (QED) is 0.433. The first kappa shape index (κ1) is 19.2. The van der Waals surface area contributed by atoms with Gasteiger partial charge in [-0.1, -0.05) is 12.5 Å². The normalized spacial score (nSPS) is 36.3. The maximum Gasteiger partial charge on any atom is 0.194 e. The molecule has 0 aromatic carbocycles. The van der Waals surface area contributed by atoms with Crippen molar-refractivity contribution in [1.82, 2.24) is 15.1 Å². The monoisotopic (exact) mass is 394 g/mol. The molecule has 2 bridgehead atoms. The molecule has 152 valence electrons. The molecule has 0 aromatic rings. The van der Waals surface area contributed by atoms with Gasteiger partial charge in [-0.05, 0) is 43.4 Å². The van der Waals surface area contributed by atoms with Crippen molar-refractivity contribution >= 4 is 15.8 Å². The van der Waals surface area contributed by atoms with Crippen molar-refractivity contribution in [3.8, 4) is 0 Å². The maximum atomic E-state index is 11.7. The average Bonchev–Trinajstić information content (AvgIpc) is 3.37. The topological polar surface area (TPSA) is 65.0 Å². The first-order chi connectivity index (χ1) is 13.0. The highest BCUT2D eigenvalue weighted by Gasteiger charge is 2.42. The predicted molar refractivity (Wildman–Crippen MR) is 110 cm³/mol. The van der Waals surface area contributed by atoms with E-state index in [0.29, 0.717) is 24.6 Å². The van der Waals surface area contributed by atoms with Crippen LogP contribution in [0.4, 0.5) is 0 Å². The Balaban J connectivity index is 1.32. The molecular weight excluding hydrogens is 360 g/mol. The van der Waals surface area contributed by atoms with Crippen LogP contribution >= 0.6 is 0 Å². The lowest BCUT2D eigenvalue weighted by atomic mass is 9.93. The molecule has 7 heteroatoms. The summed E-state index contributed by atoms with van der Waals surface area (Å²) in [6.45, 7) is 9.31. The fourth-order valence-electron chi connectivity index (χ4n) is 5.59. The Hall–Kier alpha value is -1.08. The van der Waals surface area contributed by atoms with E-state index in [-0.39, 0.29) is 5.92 Å². The molecule has 2 heterocycles. The Bertz CT molecular complexity index is 669. The van der Waals surface area contributed by atoms with Gasteiger partial charge in [-0.3, -0.25) is 9.89 Å². The zero-order valence-corrected chi connectivity index (χ0v) is 17.2.